The summed E-state index contributed by atoms with van der Waals surface area (Å²) in [6, 6.07) is 0. The van der Waals surface area contributed by atoms with Crippen LogP contribution in [0.4, 0.5) is 0 Å². The minimum Gasteiger partial charge on any atom is -0.457 e. The lowest BCUT2D eigenvalue weighted by Gasteiger charge is -2.24. The molecule has 4 heteroatoms. The fourth-order valence-electron chi connectivity index (χ4n) is 0.770. The normalized spacial score (nSPS) is 14.2. The molecule has 0 aromatic carbocycles. The lowest BCUT2D eigenvalue weighted by molar-refractivity contribution is -0.178. The van der Waals surface area contributed by atoms with Crippen LogP contribution in [0, 0.1) is 5.41 Å². The predicted octanol–water partition coefficient (Wildman–Crippen LogP) is 2.31. The number of hydrogen-bond acceptors (Lipinski definition) is 4. The van der Waals surface area contributed by atoms with Gasteiger partial charge in [0.25, 0.3) is 0 Å². The Balaban J connectivity index is 4.33. The number of rotatable bonds is 2. The lowest BCUT2D eigenvalue weighted by Crippen LogP contribution is -2.35. The number of carbonyl (C=O) groups excluding carboxylic acids is 2. The smallest absolute Gasteiger partial charge is 0.347 e. The van der Waals surface area contributed by atoms with Gasteiger partial charge < -0.3 is 9.47 Å². The maximum absolute atomic E-state index is 11.5. The van der Waals surface area contributed by atoms with Crippen molar-refractivity contribution in [1.29, 1.82) is 0 Å². The fourth-order valence-corrected chi connectivity index (χ4v) is 0.770. The number of ether oxygens (including phenoxy) is 2. The highest BCUT2D eigenvalue weighted by Gasteiger charge is 2.29. The first-order valence-corrected chi connectivity index (χ1v) is 5.37. The summed E-state index contributed by atoms with van der Waals surface area (Å²) in [5.41, 5.74) is -1.18. The SMILES string of the molecule is CC(OC(=O)C(C)(C)C)C(=O)OC(C)(C)C. The number of carbonyl (C=O) groups is 2. The van der Waals surface area contributed by atoms with E-state index in [0.29, 0.717) is 0 Å². The highest BCUT2D eigenvalue weighted by atomic mass is 16.6. The Bertz CT molecular complexity index is 268. The summed E-state index contributed by atoms with van der Waals surface area (Å²) in [4.78, 5) is 23.0. The summed E-state index contributed by atoms with van der Waals surface area (Å²) in [6.07, 6.45) is -0.869. The minimum absolute atomic E-state index is 0.411. The predicted molar refractivity (Wildman–Crippen MR) is 60.9 cm³/mol. The van der Waals surface area contributed by atoms with E-state index in [2.05, 4.69) is 0 Å². The number of hydrogen-bond donors (Lipinski definition) is 0. The van der Waals surface area contributed by atoms with Crippen LogP contribution < -0.4 is 0 Å². The molecule has 1 unspecified atom stereocenters. The Morgan fingerprint density at radius 2 is 1.44 bits per heavy atom. The van der Waals surface area contributed by atoms with Gasteiger partial charge >= 0.3 is 11.9 Å². The highest BCUT2D eigenvalue weighted by molar-refractivity contribution is 5.81. The molecule has 0 aliphatic carbocycles. The van der Waals surface area contributed by atoms with Crippen LogP contribution in [0.1, 0.15) is 48.5 Å². The zero-order chi connectivity index (χ0) is 13.1. The van der Waals surface area contributed by atoms with Crippen molar-refractivity contribution in [1.82, 2.24) is 0 Å². The van der Waals surface area contributed by atoms with E-state index in [-0.39, 0.29) is 0 Å². The topological polar surface area (TPSA) is 52.6 Å². The zero-order valence-corrected chi connectivity index (χ0v) is 11.2. The first kappa shape index (κ1) is 14.9. The fraction of sp³-hybridized carbons (Fsp3) is 0.833. The van der Waals surface area contributed by atoms with Crippen LogP contribution >= 0.6 is 0 Å². The molecule has 16 heavy (non-hydrogen) atoms. The third kappa shape index (κ3) is 5.73. The molecule has 0 bridgehead atoms. The van der Waals surface area contributed by atoms with Gasteiger partial charge in [-0.1, -0.05) is 0 Å². The first-order valence-electron chi connectivity index (χ1n) is 5.37. The third-order valence-corrected chi connectivity index (χ3v) is 1.63. The molecule has 94 valence electrons. The molecule has 0 rings (SSSR count). The maximum atomic E-state index is 11.5. The molecular weight excluding hydrogens is 208 g/mol. The summed E-state index contributed by atoms with van der Waals surface area (Å²) < 4.78 is 10.1. The molecule has 0 amide bonds. The van der Waals surface area contributed by atoms with E-state index in [1.165, 1.54) is 6.92 Å². The molecule has 1 atom stereocenters. The second kappa shape index (κ2) is 4.85. The number of esters is 2. The summed E-state index contributed by atoms with van der Waals surface area (Å²) in [5, 5.41) is 0. The molecule has 0 fully saturated rings. The summed E-state index contributed by atoms with van der Waals surface area (Å²) in [7, 11) is 0. The van der Waals surface area contributed by atoms with Gasteiger partial charge in [-0.2, -0.15) is 0 Å². The van der Waals surface area contributed by atoms with Gasteiger partial charge in [-0.25, -0.2) is 4.79 Å². The quantitative estimate of drug-likeness (QED) is 0.683. The van der Waals surface area contributed by atoms with Crippen LogP contribution in [-0.4, -0.2) is 23.6 Å². The van der Waals surface area contributed by atoms with Crippen LogP contribution in [0.25, 0.3) is 0 Å². The van der Waals surface area contributed by atoms with E-state index in [1.54, 1.807) is 41.5 Å². The van der Waals surface area contributed by atoms with Crippen molar-refractivity contribution in [3.05, 3.63) is 0 Å². The molecule has 0 aromatic rings. The summed E-state index contributed by atoms with van der Waals surface area (Å²) in [5.74, 6) is -0.934. The standard InChI is InChI=1S/C12H22O4/c1-8(9(13)16-12(5,6)7)15-10(14)11(2,3)4/h8H,1-7H3. The molecular formula is C12H22O4. The van der Waals surface area contributed by atoms with Crippen LogP contribution in [0.2, 0.25) is 0 Å². The van der Waals surface area contributed by atoms with E-state index in [0.717, 1.165) is 0 Å². The van der Waals surface area contributed by atoms with Gasteiger partial charge in [-0.3, -0.25) is 4.79 Å². The molecule has 0 radical (unpaired) electrons. The van der Waals surface area contributed by atoms with E-state index < -0.39 is 29.1 Å². The Morgan fingerprint density at radius 3 is 1.75 bits per heavy atom. The average Bonchev–Trinajstić information content (AvgIpc) is 1.98. The molecule has 0 aliphatic rings. The molecule has 0 saturated carbocycles. The Kier molecular flexibility index (Phi) is 4.53. The average molecular weight is 230 g/mol. The van der Waals surface area contributed by atoms with Gasteiger partial charge in [0.1, 0.15) is 5.60 Å². The van der Waals surface area contributed by atoms with Crippen molar-refractivity contribution in [3.8, 4) is 0 Å². The van der Waals surface area contributed by atoms with Gasteiger partial charge in [-0.15, -0.1) is 0 Å². The van der Waals surface area contributed by atoms with Crippen LogP contribution in [-0.2, 0) is 19.1 Å². The van der Waals surface area contributed by atoms with Crippen molar-refractivity contribution in [3.63, 3.8) is 0 Å². The van der Waals surface area contributed by atoms with Gasteiger partial charge in [0.2, 0.25) is 0 Å². The second-order valence-electron chi connectivity index (χ2n) is 5.83. The van der Waals surface area contributed by atoms with Gasteiger partial charge in [0.05, 0.1) is 5.41 Å². The van der Waals surface area contributed by atoms with E-state index >= 15 is 0 Å². The molecule has 0 heterocycles. The Hall–Kier alpha value is -1.06. The van der Waals surface area contributed by atoms with Crippen molar-refractivity contribution in [2.45, 2.75) is 60.2 Å². The molecule has 0 aliphatic heterocycles. The monoisotopic (exact) mass is 230 g/mol. The van der Waals surface area contributed by atoms with Gasteiger partial charge in [0.15, 0.2) is 6.10 Å². The maximum Gasteiger partial charge on any atom is 0.347 e. The van der Waals surface area contributed by atoms with Gasteiger partial charge in [0, 0.05) is 0 Å². The molecule has 0 aromatic heterocycles. The second-order valence-corrected chi connectivity index (χ2v) is 5.83. The summed E-state index contributed by atoms with van der Waals surface area (Å²) >= 11 is 0. The molecule has 0 N–H and O–H groups in total. The van der Waals surface area contributed by atoms with E-state index in [1.807, 2.05) is 0 Å². The Morgan fingerprint density at radius 1 is 1.00 bits per heavy atom. The van der Waals surface area contributed by atoms with Crippen LogP contribution in [0.15, 0.2) is 0 Å². The summed E-state index contributed by atoms with van der Waals surface area (Å²) in [6.45, 7) is 12.0. The van der Waals surface area contributed by atoms with Gasteiger partial charge in [-0.05, 0) is 48.5 Å². The van der Waals surface area contributed by atoms with E-state index in [4.69, 9.17) is 9.47 Å². The largest absolute Gasteiger partial charge is 0.457 e. The van der Waals surface area contributed by atoms with Crippen LogP contribution in [0.5, 0.6) is 0 Å². The third-order valence-electron chi connectivity index (χ3n) is 1.63. The Labute approximate surface area is 97.3 Å². The molecule has 0 saturated heterocycles. The molecule has 4 nitrogen and oxygen atoms in total. The van der Waals surface area contributed by atoms with Crippen molar-refractivity contribution in [2.24, 2.45) is 5.41 Å². The highest BCUT2D eigenvalue weighted by Crippen LogP contribution is 2.17. The van der Waals surface area contributed by atoms with Crippen molar-refractivity contribution < 1.29 is 19.1 Å². The lowest BCUT2D eigenvalue weighted by atomic mass is 9.97. The zero-order valence-electron chi connectivity index (χ0n) is 11.2. The van der Waals surface area contributed by atoms with Crippen molar-refractivity contribution >= 4 is 11.9 Å². The molecule has 0 spiro atoms. The van der Waals surface area contributed by atoms with E-state index in [9.17, 15) is 9.59 Å². The first-order chi connectivity index (χ1) is 6.93. The minimum atomic E-state index is -0.869. The van der Waals surface area contributed by atoms with Crippen molar-refractivity contribution in [2.75, 3.05) is 0 Å². The van der Waals surface area contributed by atoms with Crippen LogP contribution in [0.3, 0.4) is 0 Å².